The SMILES string of the molecule is NC(=O)COc1cccc(NC(=O)C2CC(=O)N(c3cccc4ccccc34)C2)c1. The third-order valence-electron chi connectivity index (χ3n) is 5.04. The molecule has 0 aromatic heterocycles. The molecule has 3 aromatic rings. The van der Waals surface area contributed by atoms with Crippen molar-refractivity contribution in [2.75, 3.05) is 23.4 Å². The van der Waals surface area contributed by atoms with Crippen molar-refractivity contribution in [1.82, 2.24) is 0 Å². The van der Waals surface area contributed by atoms with Gasteiger partial charge in [-0.1, -0.05) is 42.5 Å². The molecule has 0 spiro atoms. The van der Waals surface area contributed by atoms with Crippen LogP contribution >= 0.6 is 0 Å². The fraction of sp³-hybridized carbons (Fsp3) is 0.174. The molecule has 7 heteroatoms. The second-order valence-electron chi connectivity index (χ2n) is 7.18. The molecule has 3 N–H and O–H groups in total. The van der Waals surface area contributed by atoms with Gasteiger partial charge in [-0.15, -0.1) is 0 Å². The number of hydrogen-bond acceptors (Lipinski definition) is 4. The van der Waals surface area contributed by atoms with Crippen LogP contribution in [0, 0.1) is 5.92 Å². The van der Waals surface area contributed by atoms with Crippen LogP contribution < -0.4 is 20.7 Å². The van der Waals surface area contributed by atoms with E-state index in [1.165, 1.54) is 0 Å². The molecule has 152 valence electrons. The van der Waals surface area contributed by atoms with Gasteiger partial charge in [0.2, 0.25) is 11.8 Å². The Balaban J connectivity index is 1.47. The van der Waals surface area contributed by atoms with E-state index in [1.54, 1.807) is 29.2 Å². The van der Waals surface area contributed by atoms with Gasteiger partial charge in [-0.25, -0.2) is 0 Å². The third-order valence-corrected chi connectivity index (χ3v) is 5.04. The van der Waals surface area contributed by atoms with Crippen LogP contribution in [0.2, 0.25) is 0 Å². The van der Waals surface area contributed by atoms with Crippen molar-refractivity contribution >= 4 is 39.9 Å². The number of rotatable bonds is 6. The lowest BCUT2D eigenvalue weighted by atomic mass is 10.1. The summed E-state index contributed by atoms with van der Waals surface area (Å²) in [6.45, 7) is 0.0745. The summed E-state index contributed by atoms with van der Waals surface area (Å²) in [4.78, 5) is 38.0. The minimum Gasteiger partial charge on any atom is -0.484 e. The van der Waals surface area contributed by atoms with E-state index >= 15 is 0 Å². The summed E-state index contributed by atoms with van der Waals surface area (Å²) in [7, 11) is 0. The van der Waals surface area contributed by atoms with E-state index < -0.39 is 11.8 Å². The Kier molecular flexibility index (Phi) is 5.34. The van der Waals surface area contributed by atoms with Gasteiger partial charge in [0, 0.05) is 30.1 Å². The smallest absolute Gasteiger partial charge is 0.255 e. The van der Waals surface area contributed by atoms with E-state index in [4.69, 9.17) is 10.5 Å². The summed E-state index contributed by atoms with van der Waals surface area (Å²) in [5.41, 5.74) is 6.42. The molecule has 30 heavy (non-hydrogen) atoms. The number of fused-ring (bicyclic) bond motifs is 1. The van der Waals surface area contributed by atoms with Gasteiger partial charge in [-0.05, 0) is 23.6 Å². The fourth-order valence-electron chi connectivity index (χ4n) is 3.62. The molecule has 1 saturated heterocycles. The minimum atomic E-state index is -0.581. The summed E-state index contributed by atoms with van der Waals surface area (Å²) in [5.74, 6) is -0.941. The van der Waals surface area contributed by atoms with Gasteiger partial charge in [0.25, 0.3) is 5.91 Å². The van der Waals surface area contributed by atoms with Crippen molar-refractivity contribution in [3.63, 3.8) is 0 Å². The van der Waals surface area contributed by atoms with E-state index in [9.17, 15) is 14.4 Å². The molecule has 1 aliphatic rings. The second-order valence-corrected chi connectivity index (χ2v) is 7.18. The average molecular weight is 403 g/mol. The number of ether oxygens (including phenoxy) is 1. The number of nitrogens with zero attached hydrogens (tertiary/aromatic N) is 1. The molecular formula is C23H21N3O4. The minimum absolute atomic E-state index is 0.0787. The maximum atomic E-state index is 12.8. The Morgan fingerprint density at radius 1 is 1.07 bits per heavy atom. The predicted octanol–water partition coefficient (Wildman–Crippen LogP) is 2.70. The Morgan fingerprint density at radius 2 is 1.83 bits per heavy atom. The third kappa shape index (κ3) is 4.10. The molecule has 1 unspecified atom stereocenters. The number of nitrogens with two attached hydrogens (primary N) is 1. The Labute approximate surface area is 173 Å². The molecule has 0 saturated carbocycles. The van der Waals surface area contributed by atoms with Gasteiger partial charge in [0.15, 0.2) is 6.61 Å². The highest BCUT2D eigenvalue weighted by Gasteiger charge is 2.35. The molecule has 1 atom stereocenters. The maximum absolute atomic E-state index is 12.8. The highest BCUT2D eigenvalue weighted by molar-refractivity contribution is 6.08. The van der Waals surface area contributed by atoms with E-state index in [1.807, 2.05) is 42.5 Å². The summed E-state index contributed by atoms with van der Waals surface area (Å²) in [6, 6.07) is 20.4. The molecule has 1 heterocycles. The highest BCUT2D eigenvalue weighted by Crippen LogP contribution is 2.32. The molecular weight excluding hydrogens is 382 g/mol. The Morgan fingerprint density at radius 3 is 2.67 bits per heavy atom. The van der Waals surface area contributed by atoms with Crippen LogP contribution in [0.3, 0.4) is 0 Å². The molecule has 0 aliphatic carbocycles. The zero-order chi connectivity index (χ0) is 21.1. The number of anilines is 2. The number of hydrogen-bond donors (Lipinski definition) is 2. The average Bonchev–Trinajstić information content (AvgIpc) is 3.14. The lowest BCUT2D eigenvalue weighted by Gasteiger charge is -2.19. The maximum Gasteiger partial charge on any atom is 0.255 e. The quantitative estimate of drug-likeness (QED) is 0.661. The molecule has 4 rings (SSSR count). The van der Waals surface area contributed by atoms with Crippen LogP contribution in [0.1, 0.15) is 6.42 Å². The second kappa shape index (κ2) is 8.24. The monoisotopic (exact) mass is 403 g/mol. The first-order chi connectivity index (χ1) is 14.5. The first-order valence-electron chi connectivity index (χ1n) is 9.61. The number of nitrogens with one attached hydrogen (secondary N) is 1. The van der Waals surface area contributed by atoms with Crippen molar-refractivity contribution in [3.05, 3.63) is 66.7 Å². The summed E-state index contributed by atoms with van der Waals surface area (Å²) < 4.78 is 5.26. The number of benzene rings is 3. The molecule has 0 radical (unpaired) electrons. The van der Waals surface area contributed by atoms with Crippen LogP contribution in [0.5, 0.6) is 5.75 Å². The molecule has 7 nitrogen and oxygen atoms in total. The van der Waals surface area contributed by atoms with Crippen molar-refractivity contribution in [2.45, 2.75) is 6.42 Å². The van der Waals surface area contributed by atoms with Gasteiger partial charge < -0.3 is 20.7 Å². The zero-order valence-electron chi connectivity index (χ0n) is 16.2. The first kappa shape index (κ1) is 19.4. The lowest BCUT2D eigenvalue weighted by molar-refractivity contribution is -0.122. The lowest BCUT2D eigenvalue weighted by Crippen LogP contribution is -2.28. The Bertz CT molecular complexity index is 1120. The summed E-state index contributed by atoms with van der Waals surface area (Å²) in [6.07, 6.45) is 0.146. The molecule has 3 aromatic carbocycles. The fourth-order valence-corrected chi connectivity index (χ4v) is 3.62. The van der Waals surface area contributed by atoms with Crippen molar-refractivity contribution in [1.29, 1.82) is 0 Å². The van der Waals surface area contributed by atoms with Crippen LogP contribution in [0.15, 0.2) is 66.7 Å². The van der Waals surface area contributed by atoms with Gasteiger partial charge in [0.05, 0.1) is 11.6 Å². The number of amides is 3. The van der Waals surface area contributed by atoms with Gasteiger partial charge in [-0.2, -0.15) is 0 Å². The standard InChI is InChI=1S/C23H21N3O4/c24-21(27)14-30-18-8-4-7-17(12-18)25-23(29)16-11-22(28)26(13-16)20-10-3-6-15-5-1-2-9-19(15)20/h1-10,12,16H,11,13-14H2,(H2,24,27)(H,25,29). The predicted molar refractivity (Wildman–Crippen MR) is 114 cm³/mol. The van der Waals surface area contributed by atoms with Gasteiger partial charge in [-0.3, -0.25) is 14.4 Å². The largest absolute Gasteiger partial charge is 0.484 e. The number of primary amides is 1. The van der Waals surface area contributed by atoms with Gasteiger partial charge >= 0.3 is 0 Å². The Hall–Kier alpha value is -3.87. The number of carbonyl (C=O) groups excluding carboxylic acids is 3. The van der Waals surface area contributed by atoms with E-state index in [2.05, 4.69) is 5.32 Å². The molecule has 0 bridgehead atoms. The van der Waals surface area contributed by atoms with E-state index in [-0.39, 0.29) is 24.8 Å². The van der Waals surface area contributed by atoms with E-state index in [0.29, 0.717) is 18.0 Å². The van der Waals surface area contributed by atoms with Crippen LogP contribution in [-0.2, 0) is 14.4 Å². The van der Waals surface area contributed by atoms with Crippen molar-refractivity contribution < 1.29 is 19.1 Å². The van der Waals surface area contributed by atoms with Crippen LogP contribution in [0.25, 0.3) is 10.8 Å². The molecule has 1 fully saturated rings. The van der Waals surface area contributed by atoms with Crippen molar-refractivity contribution in [2.24, 2.45) is 11.7 Å². The topological polar surface area (TPSA) is 102 Å². The van der Waals surface area contributed by atoms with Crippen LogP contribution in [-0.4, -0.2) is 30.9 Å². The highest BCUT2D eigenvalue weighted by atomic mass is 16.5. The normalized spacial score (nSPS) is 15.9. The van der Waals surface area contributed by atoms with Crippen molar-refractivity contribution in [3.8, 4) is 5.75 Å². The zero-order valence-corrected chi connectivity index (χ0v) is 16.2. The number of carbonyl (C=O) groups is 3. The molecule has 1 aliphatic heterocycles. The first-order valence-corrected chi connectivity index (χ1v) is 9.61. The van der Waals surface area contributed by atoms with E-state index in [0.717, 1.165) is 16.5 Å². The molecule has 3 amide bonds. The van der Waals surface area contributed by atoms with Crippen LogP contribution in [0.4, 0.5) is 11.4 Å². The summed E-state index contributed by atoms with van der Waals surface area (Å²) in [5, 5.41) is 4.85. The summed E-state index contributed by atoms with van der Waals surface area (Å²) >= 11 is 0. The van der Waals surface area contributed by atoms with Gasteiger partial charge in [0.1, 0.15) is 5.75 Å².